The number of nitrogens with zero attached hydrogens (tertiary/aromatic N) is 2. The van der Waals surface area contributed by atoms with E-state index in [0.717, 1.165) is 24.5 Å². The van der Waals surface area contributed by atoms with Crippen LogP contribution in [0, 0.1) is 0 Å². The number of hydrogen-bond acceptors (Lipinski definition) is 3. The molecule has 0 aliphatic carbocycles. The molecule has 0 saturated heterocycles. The van der Waals surface area contributed by atoms with Gasteiger partial charge in [0.05, 0.1) is 20.3 Å². The zero-order valence-electron chi connectivity index (χ0n) is 15.5. The summed E-state index contributed by atoms with van der Waals surface area (Å²) >= 11 is 0. The van der Waals surface area contributed by atoms with Crippen molar-refractivity contribution < 1.29 is 9.47 Å². The van der Waals surface area contributed by atoms with Crippen molar-refractivity contribution in [2.75, 3.05) is 21.3 Å². The summed E-state index contributed by atoms with van der Waals surface area (Å²) in [5, 5.41) is 0. The van der Waals surface area contributed by atoms with Crippen molar-refractivity contribution in [3.8, 4) is 17.2 Å². The molecule has 0 radical (unpaired) electrons. The molecule has 0 spiro atoms. The minimum Gasteiger partial charge on any atom is -0.493 e. The molecule has 4 heteroatoms. The van der Waals surface area contributed by atoms with Crippen LogP contribution >= 0.6 is 0 Å². The Morgan fingerprint density at radius 2 is 1.77 bits per heavy atom. The van der Waals surface area contributed by atoms with Crippen LogP contribution < -0.4 is 9.47 Å². The maximum atomic E-state index is 5.48. The van der Waals surface area contributed by atoms with Gasteiger partial charge in [-0.05, 0) is 54.9 Å². The Balaban J connectivity index is 1.72. The van der Waals surface area contributed by atoms with Crippen molar-refractivity contribution in [2.24, 2.45) is 0 Å². The summed E-state index contributed by atoms with van der Waals surface area (Å²) in [6, 6.07) is 19.5. The second-order valence-electron chi connectivity index (χ2n) is 6.76. The first-order valence-corrected chi connectivity index (χ1v) is 8.88. The highest BCUT2D eigenvalue weighted by molar-refractivity contribution is 5.46. The summed E-state index contributed by atoms with van der Waals surface area (Å²) in [4.78, 5) is 2.42. The minimum atomic E-state index is 0.288. The molecule has 1 aliphatic rings. The van der Waals surface area contributed by atoms with E-state index in [9.17, 15) is 0 Å². The summed E-state index contributed by atoms with van der Waals surface area (Å²) in [6.07, 6.45) is 3.07. The second kappa shape index (κ2) is 6.89. The van der Waals surface area contributed by atoms with Crippen molar-refractivity contribution in [1.82, 2.24) is 9.47 Å². The third-order valence-electron chi connectivity index (χ3n) is 5.20. The number of ether oxygens (including phenoxy) is 2. The van der Waals surface area contributed by atoms with Gasteiger partial charge < -0.3 is 14.0 Å². The SMILES string of the molecule is COc1ccc(CC2c3cccn3-c3ccccc3CN2C)cc1OC. The van der Waals surface area contributed by atoms with Gasteiger partial charge in [-0.2, -0.15) is 0 Å². The zero-order chi connectivity index (χ0) is 18.1. The lowest BCUT2D eigenvalue weighted by molar-refractivity contribution is 0.234. The number of benzene rings is 2. The second-order valence-corrected chi connectivity index (χ2v) is 6.76. The highest BCUT2D eigenvalue weighted by atomic mass is 16.5. The molecular formula is C22H24N2O2. The monoisotopic (exact) mass is 348 g/mol. The molecule has 2 heterocycles. The summed E-state index contributed by atoms with van der Waals surface area (Å²) in [7, 11) is 5.55. The molecule has 26 heavy (non-hydrogen) atoms. The zero-order valence-corrected chi connectivity index (χ0v) is 15.5. The van der Waals surface area contributed by atoms with Crippen molar-refractivity contribution in [3.05, 3.63) is 77.6 Å². The van der Waals surface area contributed by atoms with Gasteiger partial charge in [-0.3, -0.25) is 4.90 Å². The van der Waals surface area contributed by atoms with E-state index in [1.54, 1.807) is 14.2 Å². The lowest BCUT2D eigenvalue weighted by atomic mass is 10.0. The van der Waals surface area contributed by atoms with Crippen LogP contribution in [0.5, 0.6) is 11.5 Å². The summed E-state index contributed by atoms with van der Waals surface area (Å²) in [6.45, 7) is 0.926. The van der Waals surface area contributed by atoms with E-state index in [1.807, 2.05) is 6.07 Å². The van der Waals surface area contributed by atoms with Crippen LogP contribution in [0.3, 0.4) is 0 Å². The normalized spacial score (nSPS) is 16.5. The van der Waals surface area contributed by atoms with E-state index in [1.165, 1.54) is 22.5 Å². The van der Waals surface area contributed by atoms with Crippen molar-refractivity contribution in [2.45, 2.75) is 19.0 Å². The number of aromatic nitrogens is 1. The van der Waals surface area contributed by atoms with Gasteiger partial charge >= 0.3 is 0 Å². The van der Waals surface area contributed by atoms with Gasteiger partial charge in [-0.15, -0.1) is 0 Å². The van der Waals surface area contributed by atoms with Gasteiger partial charge in [0, 0.05) is 24.1 Å². The van der Waals surface area contributed by atoms with Crippen molar-refractivity contribution in [1.29, 1.82) is 0 Å². The first-order chi connectivity index (χ1) is 12.7. The highest BCUT2D eigenvalue weighted by Crippen LogP contribution is 2.35. The Bertz CT molecular complexity index is 916. The molecule has 3 aromatic rings. The number of likely N-dealkylation sites (N-methyl/N-ethyl adjacent to an activating group) is 1. The lowest BCUT2D eigenvalue weighted by Gasteiger charge is -2.26. The summed E-state index contributed by atoms with van der Waals surface area (Å²) in [5.41, 5.74) is 5.17. The predicted molar refractivity (Wildman–Crippen MR) is 103 cm³/mol. The number of para-hydroxylation sites is 1. The van der Waals surface area contributed by atoms with Gasteiger partial charge in [0.2, 0.25) is 0 Å². The molecule has 1 unspecified atom stereocenters. The van der Waals surface area contributed by atoms with Crippen LogP contribution in [0.15, 0.2) is 60.8 Å². The topological polar surface area (TPSA) is 26.6 Å². The van der Waals surface area contributed by atoms with Gasteiger partial charge in [-0.25, -0.2) is 0 Å². The van der Waals surface area contributed by atoms with Gasteiger partial charge in [0.25, 0.3) is 0 Å². The molecule has 1 atom stereocenters. The van der Waals surface area contributed by atoms with Crippen LogP contribution in [-0.4, -0.2) is 30.7 Å². The standard InChI is InChI=1S/C22H24N2O2/c1-23-15-17-7-4-5-8-18(17)24-12-6-9-19(24)20(23)13-16-10-11-21(25-2)22(14-16)26-3/h4-12,14,20H,13,15H2,1-3H3. The third kappa shape index (κ3) is 2.86. The average molecular weight is 348 g/mol. The first-order valence-electron chi connectivity index (χ1n) is 8.88. The van der Waals surface area contributed by atoms with Gasteiger partial charge in [-0.1, -0.05) is 24.3 Å². The van der Waals surface area contributed by atoms with E-state index < -0.39 is 0 Å². The van der Waals surface area contributed by atoms with Gasteiger partial charge in [0.1, 0.15) is 0 Å². The fraction of sp³-hybridized carbons (Fsp3) is 0.273. The number of rotatable bonds is 4. The van der Waals surface area contributed by atoms with Crippen LogP contribution in [-0.2, 0) is 13.0 Å². The maximum absolute atomic E-state index is 5.48. The van der Waals surface area contributed by atoms with Crippen LogP contribution in [0.25, 0.3) is 5.69 Å². The molecule has 4 rings (SSSR count). The molecule has 1 aliphatic heterocycles. The molecule has 4 nitrogen and oxygen atoms in total. The molecule has 0 N–H and O–H groups in total. The fourth-order valence-electron chi connectivity index (χ4n) is 3.86. The molecule has 0 amide bonds. The first kappa shape index (κ1) is 16.7. The van der Waals surface area contributed by atoms with E-state index in [4.69, 9.17) is 9.47 Å². The van der Waals surface area contributed by atoms with Crippen molar-refractivity contribution >= 4 is 0 Å². The molecular weight excluding hydrogens is 324 g/mol. The van der Waals surface area contributed by atoms with E-state index in [0.29, 0.717) is 0 Å². The molecule has 2 aromatic carbocycles. The Morgan fingerprint density at radius 1 is 0.962 bits per heavy atom. The fourth-order valence-corrected chi connectivity index (χ4v) is 3.86. The average Bonchev–Trinajstić information content (AvgIpc) is 3.11. The summed E-state index contributed by atoms with van der Waals surface area (Å²) < 4.78 is 13.2. The quantitative estimate of drug-likeness (QED) is 0.706. The predicted octanol–water partition coefficient (Wildman–Crippen LogP) is 4.22. The number of hydrogen-bond donors (Lipinski definition) is 0. The molecule has 0 bridgehead atoms. The Labute approximate surface area is 154 Å². The summed E-state index contributed by atoms with van der Waals surface area (Å²) in [5.74, 6) is 1.54. The minimum absolute atomic E-state index is 0.288. The lowest BCUT2D eigenvalue weighted by Crippen LogP contribution is -2.25. The Hall–Kier alpha value is -2.72. The Morgan fingerprint density at radius 3 is 2.58 bits per heavy atom. The maximum Gasteiger partial charge on any atom is 0.160 e. The number of fused-ring (bicyclic) bond motifs is 3. The largest absolute Gasteiger partial charge is 0.493 e. The smallest absolute Gasteiger partial charge is 0.160 e. The third-order valence-corrected chi connectivity index (χ3v) is 5.20. The molecule has 0 saturated carbocycles. The van der Waals surface area contributed by atoms with E-state index in [-0.39, 0.29) is 6.04 Å². The number of methoxy groups -OCH3 is 2. The van der Waals surface area contributed by atoms with Crippen LogP contribution in [0.1, 0.15) is 22.9 Å². The van der Waals surface area contributed by atoms with Crippen LogP contribution in [0.2, 0.25) is 0 Å². The Kier molecular flexibility index (Phi) is 4.43. The van der Waals surface area contributed by atoms with Gasteiger partial charge in [0.15, 0.2) is 11.5 Å². The molecule has 0 fully saturated rings. The van der Waals surface area contributed by atoms with Crippen LogP contribution in [0.4, 0.5) is 0 Å². The highest BCUT2D eigenvalue weighted by Gasteiger charge is 2.26. The van der Waals surface area contributed by atoms with E-state index in [2.05, 4.69) is 71.2 Å². The molecule has 1 aromatic heterocycles. The molecule has 134 valence electrons. The van der Waals surface area contributed by atoms with E-state index >= 15 is 0 Å². The van der Waals surface area contributed by atoms with Crippen molar-refractivity contribution in [3.63, 3.8) is 0 Å².